The molecule has 1 atom stereocenters. The van der Waals surface area contributed by atoms with Crippen LogP contribution in [0.25, 0.3) is 11.1 Å². The average molecular weight is 582 g/mol. The molecule has 9 heteroatoms. The molecule has 6 nitrogen and oxygen atoms in total. The maximum Gasteiger partial charge on any atom is 0.337 e. The van der Waals surface area contributed by atoms with Gasteiger partial charge in [-0.25, -0.2) is 18.0 Å². The molecule has 0 spiro atoms. The first-order chi connectivity index (χ1) is 19.7. The number of carboxylic acid groups (broad SMARTS) is 1. The van der Waals surface area contributed by atoms with E-state index in [9.17, 15) is 23.5 Å². The summed E-state index contributed by atoms with van der Waals surface area (Å²) < 4.78 is 54.8. The Morgan fingerprint density at radius 3 is 2.21 bits per heavy atom. The Morgan fingerprint density at radius 2 is 1.60 bits per heavy atom. The van der Waals surface area contributed by atoms with E-state index in [2.05, 4.69) is 0 Å². The molecule has 0 unspecified atom stereocenters. The van der Waals surface area contributed by atoms with E-state index in [1.165, 1.54) is 17.0 Å². The molecular weight excluding hydrogens is 547 g/mol. The van der Waals surface area contributed by atoms with Crippen molar-refractivity contribution >= 4 is 11.9 Å². The monoisotopic (exact) mass is 581 g/mol. The fourth-order valence-corrected chi connectivity index (χ4v) is 6.16. The highest BCUT2D eigenvalue weighted by molar-refractivity contribution is 5.95. The fourth-order valence-electron chi connectivity index (χ4n) is 6.16. The lowest BCUT2D eigenvalue weighted by Crippen LogP contribution is -2.29. The minimum absolute atomic E-state index is 0.00420. The van der Waals surface area contributed by atoms with Crippen molar-refractivity contribution in [2.24, 2.45) is 0 Å². The zero-order chi connectivity index (χ0) is 30.7. The summed E-state index contributed by atoms with van der Waals surface area (Å²) in [5.41, 5.74) is 5.10. The Labute approximate surface area is 243 Å². The van der Waals surface area contributed by atoms with Crippen molar-refractivity contribution < 1.29 is 37.3 Å². The number of amides is 1. The molecule has 3 aromatic carbocycles. The molecule has 0 saturated heterocycles. The van der Waals surface area contributed by atoms with Gasteiger partial charge in [-0.2, -0.15) is 0 Å². The molecule has 1 amide bonds. The van der Waals surface area contributed by atoms with Gasteiger partial charge in [0.05, 0.1) is 12.2 Å². The van der Waals surface area contributed by atoms with Gasteiger partial charge in [-0.05, 0) is 118 Å². The van der Waals surface area contributed by atoms with Crippen molar-refractivity contribution in [3.05, 3.63) is 86.2 Å². The zero-order valence-corrected chi connectivity index (χ0v) is 24.6. The fraction of sp³-hybridized carbons (Fsp3) is 0.394. The van der Waals surface area contributed by atoms with E-state index in [0.717, 1.165) is 40.8 Å². The van der Waals surface area contributed by atoms with Crippen molar-refractivity contribution in [1.82, 2.24) is 4.90 Å². The summed E-state index contributed by atoms with van der Waals surface area (Å²) in [6.45, 7) is 11.5. The van der Waals surface area contributed by atoms with Gasteiger partial charge in [0.2, 0.25) is 0 Å². The minimum atomic E-state index is -1.38. The summed E-state index contributed by atoms with van der Waals surface area (Å²) in [6, 6.07) is 4.42. The maximum absolute atomic E-state index is 15.5. The molecule has 0 aliphatic carbocycles. The van der Waals surface area contributed by atoms with Gasteiger partial charge in [0, 0.05) is 29.8 Å². The Hall–Kier alpha value is -3.85. The molecule has 0 aromatic heterocycles. The van der Waals surface area contributed by atoms with Crippen LogP contribution < -0.4 is 4.74 Å². The van der Waals surface area contributed by atoms with Gasteiger partial charge < -0.3 is 19.5 Å². The maximum atomic E-state index is 15.5. The second-order valence-corrected chi connectivity index (χ2v) is 12.0. The number of carbonyl (C=O) groups is 2. The molecule has 2 heterocycles. The summed E-state index contributed by atoms with van der Waals surface area (Å²) >= 11 is 0. The molecule has 42 heavy (non-hydrogen) atoms. The van der Waals surface area contributed by atoms with E-state index in [0.29, 0.717) is 40.8 Å². The van der Waals surface area contributed by atoms with Crippen LogP contribution in [0, 0.1) is 38.2 Å². The van der Waals surface area contributed by atoms with Crippen molar-refractivity contribution in [3.8, 4) is 16.9 Å². The average Bonchev–Trinajstić information content (AvgIpc) is 3.38. The Kier molecular flexibility index (Phi) is 7.60. The van der Waals surface area contributed by atoms with E-state index >= 15 is 4.39 Å². The van der Waals surface area contributed by atoms with Crippen molar-refractivity contribution in [3.63, 3.8) is 0 Å². The number of ether oxygens (including phenoxy) is 2. The third kappa shape index (κ3) is 5.15. The van der Waals surface area contributed by atoms with E-state index < -0.39 is 41.0 Å². The predicted octanol–water partition coefficient (Wildman–Crippen LogP) is 7.12. The topological polar surface area (TPSA) is 76.1 Å². The number of hydrogen-bond acceptors (Lipinski definition) is 4. The third-order valence-corrected chi connectivity index (χ3v) is 8.13. The van der Waals surface area contributed by atoms with E-state index in [4.69, 9.17) is 9.47 Å². The van der Waals surface area contributed by atoms with Crippen LogP contribution >= 0.6 is 0 Å². The smallest absolute Gasteiger partial charge is 0.337 e. The van der Waals surface area contributed by atoms with Crippen LogP contribution in [0.15, 0.2) is 24.3 Å². The lowest BCUT2D eigenvalue weighted by Gasteiger charge is -2.31. The Morgan fingerprint density at radius 1 is 0.929 bits per heavy atom. The molecule has 0 radical (unpaired) electrons. The number of aliphatic carboxylic acids is 1. The number of hydrogen-bond donors (Lipinski definition) is 1. The zero-order valence-electron chi connectivity index (χ0n) is 24.6. The van der Waals surface area contributed by atoms with Gasteiger partial charge in [-0.1, -0.05) is 0 Å². The standard InChI is InChI=1S/C33H34F3NO5/c1-16-20-8-7-11-41-29(20)26(36)13-21(16)27-17(2)22-14-37(31(38)19-9-10-24(34)25(35)12-19)15-23(22)18(3)28(27)30(32(39)40)42-33(4,5)6/h9-10,12-13,30H,7-8,11,14-15H2,1-6H3,(H,39,40)/t30-/m0/s1. The van der Waals surface area contributed by atoms with Gasteiger partial charge >= 0.3 is 5.97 Å². The lowest BCUT2D eigenvalue weighted by molar-refractivity contribution is -0.160. The molecule has 0 bridgehead atoms. The van der Waals surface area contributed by atoms with Crippen molar-refractivity contribution in [1.29, 1.82) is 0 Å². The Balaban J connectivity index is 1.73. The summed E-state index contributed by atoms with van der Waals surface area (Å²) in [6.07, 6.45) is -0.0195. The summed E-state index contributed by atoms with van der Waals surface area (Å²) in [7, 11) is 0. The number of carboxylic acids is 1. The van der Waals surface area contributed by atoms with Crippen LogP contribution in [-0.2, 0) is 29.0 Å². The highest BCUT2D eigenvalue weighted by atomic mass is 19.2. The van der Waals surface area contributed by atoms with Gasteiger partial charge in [-0.15, -0.1) is 0 Å². The van der Waals surface area contributed by atoms with Crippen LogP contribution in [0.5, 0.6) is 5.75 Å². The van der Waals surface area contributed by atoms with Crippen LogP contribution in [0.2, 0.25) is 0 Å². The molecule has 0 saturated carbocycles. The van der Waals surface area contributed by atoms with Crippen LogP contribution in [0.3, 0.4) is 0 Å². The van der Waals surface area contributed by atoms with Gasteiger partial charge in [-0.3, -0.25) is 4.79 Å². The van der Waals surface area contributed by atoms with Gasteiger partial charge in [0.15, 0.2) is 29.3 Å². The van der Waals surface area contributed by atoms with Crippen LogP contribution in [0.4, 0.5) is 13.2 Å². The second kappa shape index (κ2) is 10.8. The number of halogens is 3. The lowest BCUT2D eigenvalue weighted by atomic mass is 9.81. The summed E-state index contributed by atoms with van der Waals surface area (Å²) in [4.78, 5) is 27.7. The largest absolute Gasteiger partial charge is 0.490 e. The predicted molar refractivity (Wildman–Crippen MR) is 151 cm³/mol. The first kappa shape index (κ1) is 29.6. The first-order valence-electron chi connectivity index (χ1n) is 13.9. The van der Waals surface area contributed by atoms with Crippen LogP contribution in [0.1, 0.15) is 82.6 Å². The molecule has 0 fully saturated rings. The van der Waals surface area contributed by atoms with Crippen molar-refractivity contribution in [2.45, 2.75) is 79.2 Å². The quantitative estimate of drug-likeness (QED) is 0.347. The number of fused-ring (bicyclic) bond motifs is 2. The van der Waals surface area contributed by atoms with E-state index in [1.807, 2.05) is 13.8 Å². The van der Waals surface area contributed by atoms with Crippen LogP contribution in [-0.4, -0.2) is 34.1 Å². The molecule has 2 aliphatic heterocycles. The third-order valence-electron chi connectivity index (χ3n) is 8.13. The highest BCUT2D eigenvalue weighted by Crippen LogP contribution is 2.47. The summed E-state index contributed by atoms with van der Waals surface area (Å²) in [5, 5.41) is 10.4. The van der Waals surface area contributed by atoms with Gasteiger partial charge in [0.25, 0.3) is 5.91 Å². The SMILES string of the molecule is Cc1c(-c2c(C)c3c(c(C)c2[C@H](OC(C)(C)C)C(=O)O)CN(C(=O)c2ccc(F)c(F)c2)C3)cc(F)c2c1CCCO2. The molecule has 1 N–H and O–H groups in total. The minimum Gasteiger partial charge on any atom is -0.490 e. The van der Waals surface area contributed by atoms with E-state index in [1.54, 1.807) is 27.7 Å². The number of rotatable bonds is 5. The second-order valence-electron chi connectivity index (χ2n) is 12.0. The first-order valence-corrected chi connectivity index (χ1v) is 13.9. The highest BCUT2D eigenvalue weighted by Gasteiger charge is 2.37. The molecular formula is C33H34F3NO5. The van der Waals surface area contributed by atoms with Gasteiger partial charge in [0.1, 0.15) is 0 Å². The molecule has 222 valence electrons. The number of benzene rings is 3. The normalized spacial score (nSPS) is 15.2. The number of carbonyl (C=O) groups excluding carboxylic acids is 1. The summed E-state index contributed by atoms with van der Waals surface area (Å²) in [5.74, 6) is -4.14. The van der Waals surface area contributed by atoms with Crippen molar-refractivity contribution in [2.75, 3.05) is 6.61 Å². The molecule has 3 aromatic rings. The Bertz CT molecular complexity index is 1630. The van der Waals surface area contributed by atoms with E-state index in [-0.39, 0.29) is 24.4 Å². The molecule has 2 aliphatic rings. The molecule has 5 rings (SSSR count). The number of nitrogens with zero attached hydrogens (tertiary/aromatic N) is 1.